The number of aliphatic hydroxyl groups excluding tert-OH is 3. The van der Waals surface area contributed by atoms with Gasteiger partial charge in [-0.2, -0.15) is 0 Å². The molecule has 1 unspecified atom stereocenters. The fraction of sp³-hybridized carbons (Fsp3) is 1.00. The Balaban J connectivity index is 2.82. The van der Waals surface area contributed by atoms with Crippen LogP contribution in [0, 0.1) is 0 Å². The van der Waals surface area contributed by atoms with Gasteiger partial charge >= 0.3 is 0 Å². The lowest BCUT2D eigenvalue weighted by atomic mass is 9.90. The molecule has 1 saturated heterocycles. The van der Waals surface area contributed by atoms with E-state index in [1.54, 1.807) is 13.8 Å². The zero-order valence-corrected chi connectivity index (χ0v) is 7.97. The molecule has 0 aromatic heterocycles. The van der Waals surface area contributed by atoms with E-state index < -0.39 is 30.2 Å². The van der Waals surface area contributed by atoms with Gasteiger partial charge in [-0.3, -0.25) is 0 Å². The number of methoxy groups -OCH3 is 1. The molecule has 1 aliphatic heterocycles. The molecule has 1 fully saturated rings. The largest absolute Gasteiger partial charge is 0.387 e. The Morgan fingerprint density at radius 2 is 1.69 bits per heavy atom. The third kappa shape index (κ3) is 1.84. The van der Waals surface area contributed by atoms with E-state index >= 15 is 0 Å². The van der Waals surface area contributed by atoms with Crippen molar-refractivity contribution in [3.8, 4) is 0 Å². The van der Waals surface area contributed by atoms with E-state index in [9.17, 15) is 15.3 Å². The molecule has 4 atom stereocenters. The van der Waals surface area contributed by atoms with Crippen LogP contribution in [0.25, 0.3) is 0 Å². The summed E-state index contributed by atoms with van der Waals surface area (Å²) >= 11 is 0. The smallest absolute Gasteiger partial charge is 0.184 e. The summed E-state index contributed by atoms with van der Waals surface area (Å²) < 4.78 is 10.1. The van der Waals surface area contributed by atoms with E-state index in [4.69, 9.17) is 9.47 Å². The fourth-order valence-electron chi connectivity index (χ4n) is 1.63. The zero-order valence-electron chi connectivity index (χ0n) is 7.97. The standard InChI is InChI=1S/C8H16O5/c1-8(2)6(12-3)4(9)5(10)7(11)13-8/h4-7,9-11H,1-3H3/t4-,5+,6+,7?/m1/s1. The average molecular weight is 192 g/mol. The lowest BCUT2D eigenvalue weighted by Crippen LogP contribution is -2.62. The van der Waals surface area contributed by atoms with Crippen LogP contribution in [-0.4, -0.2) is 52.6 Å². The number of aliphatic hydroxyl groups is 3. The molecule has 0 aromatic carbocycles. The minimum Gasteiger partial charge on any atom is -0.387 e. The maximum absolute atomic E-state index is 9.53. The van der Waals surface area contributed by atoms with Gasteiger partial charge in [0.05, 0.1) is 5.60 Å². The minimum atomic E-state index is -1.36. The Bertz CT molecular complexity index is 181. The first-order valence-corrected chi connectivity index (χ1v) is 4.15. The highest BCUT2D eigenvalue weighted by atomic mass is 16.7. The highest BCUT2D eigenvalue weighted by Gasteiger charge is 2.48. The Hall–Kier alpha value is -0.200. The van der Waals surface area contributed by atoms with Crippen molar-refractivity contribution in [2.75, 3.05) is 7.11 Å². The number of rotatable bonds is 1. The SMILES string of the molecule is CO[C@H]1[C@H](O)[C@H](O)C(O)OC1(C)C. The second-order valence-corrected chi connectivity index (χ2v) is 3.75. The summed E-state index contributed by atoms with van der Waals surface area (Å²) in [6.07, 6.45) is -4.47. The average Bonchev–Trinajstić information content (AvgIpc) is 2.00. The van der Waals surface area contributed by atoms with Gasteiger partial charge in [-0.15, -0.1) is 0 Å². The monoisotopic (exact) mass is 192 g/mol. The van der Waals surface area contributed by atoms with E-state index in [1.165, 1.54) is 7.11 Å². The van der Waals surface area contributed by atoms with E-state index in [0.717, 1.165) is 0 Å². The first-order valence-electron chi connectivity index (χ1n) is 4.15. The molecule has 3 N–H and O–H groups in total. The van der Waals surface area contributed by atoms with Crippen LogP contribution in [0.3, 0.4) is 0 Å². The molecule has 1 heterocycles. The summed E-state index contributed by atoms with van der Waals surface area (Å²) in [4.78, 5) is 0. The van der Waals surface area contributed by atoms with Crippen LogP contribution in [0.2, 0.25) is 0 Å². The molecule has 1 aliphatic rings. The van der Waals surface area contributed by atoms with Crippen LogP contribution in [-0.2, 0) is 9.47 Å². The van der Waals surface area contributed by atoms with Crippen LogP contribution in [0.4, 0.5) is 0 Å². The number of hydrogen-bond acceptors (Lipinski definition) is 5. The molecular formula is C8H16O5. The highest BCUT2D eigenvalue weighted by Crippen LogP contribution is 2.30. The quantitative estimate of drug-likeness (QED) is 0.489. The van der Waals surface area contributed by atoms with Crippen molar-refractivity contribution in [1.29, 1.82) is 0 Å². The van der Waals surface area contributed by atoms with Crippen molar-refractivity contribution in [2.45, 2.75) is 44.1 Å². The predicted molar refractivity (Wildman–Crippen MR) is 44.0 cm³/mol. The lowest BCUT2D eigenvalue weighted by Gasteiger charge is -2.45. The molecule has 78 valence electrons. The summed E-state index contributed by atoms with van der Waals surface area (Å²) in [6.45, 7) is 3.36. The molecular weight excluding hydrogens is 176 g/mol. The summed E-state index contributed by atoms with van der Waals surface area (Å²) in [6, 6.07) is 0. The van der Waals surface area contributed by atoms with E-state index in [0.29, 0.717) is 0 Å². The Kier molecular flexibility index (Phi) is 2.94. The third-order valence-corrected chi connectivity index (χ3v) is 2.32. The zero-order chi connectivity index (χ0) is 10.2. The summed E-state index contributed by atoms with van der Waals surface area (Å²) in [7, 11) is 1.42. The van der Waals surface area contributed by atoms with Crippen molar-refractivity contribution < 1.29 is 24.8 Å². The van der Waals surface area contributed by atoms with E-state index in [2.05, 4.69) is 0 Å². The molecule has 13 heavy (non-hydrogen) atoms. The molecule has 0 radical (unpaired) electrons. The van der Waals surface area contributed by atoms with Gasteiger partial charge in [0.2, 0.25) is 0 Å². The van der Waals surface area contributed by atoms with Crippen molar-refractivity contribution in [3.05, 3.63) is 0 Å². The van der Waals surface area contributed by atoms with Crippen LogP contribution < -0.4 is 0 Å². The van der Waals surface area contributed by atoms with Gasteiger partial charge in [0, 0.05) is 7.11 Å². The normalized spacial score (nSPS) is 44.8. The van der Waals surface area contributed by atoms with Gasteiger partial charge in [0.1, 0.15) is 18.3 Å². The van der Waals surface area contributed by atoms with Gasteiger partial charge in [0.15, 0.2) is 6.29 Å². The number of ether oxygens (including phenoxy) is 2. The van der Waals surface area contributed by atoms with E-state index in [1.807, 2.05) is 0 Å². The molecule has 0 spiro atoms. The summed E-state index contributed by atoms with van der Waals surface area (Å²) in [5.41, 5.74) is -0.813. The third-order valence-electron chi connectivity index (χ3n) is 2.32. The maximum atomic E-state index is 9.53. The minimum absolute atomic E-state index is 0.647. The van der Waals surface area contributed by atoms with Crippen molar-refractivity contribution in [3.63, 3.8) is 0 Å². The van der Waals surface area contributed by atoms with Crippen molar-refractivity contribution in [1.82, 2.24) is 0 Å². The highest BCUT2D eigenvalue weighted by molar-refractivity contribution is 4.95. The second-order valence-electron chi connectivity index (χ2n) is 3.75. The van der Waals surface area contributed by atoms with Gasteiger partial charge in [-0.05, 0) is 13.8 Å². The molecule has 0 amide bonds. The first-order chi connectivity index (χ1) is 5.90. The number of hydrogen-bond donors (Lipinski definition) is 3. The Morgan fingerprint density at radius 3 is 2.15 bits per heavy atom. The van der Waals surface area contributed by atoms with Crippen LogP contribution >= 0.6 is 0 Å². The molecule has 0 aromatic rings. The molecule has 0 bridgehead atoms. The summed E-state index contributed by atoms with van der Waals surface area (Å²) in [5, 5.41) is 28.0. The summed E-state index contributed by atoms with van der Waals surface area (Å²) in [5.74, 6) is 0. The van der Waals surface area contributed by atoms with Crippen molar-refractivity contribution in [2.24, 2.45) is 0 Å². The van der Waals surface area contributed by atoms with Gasteiger partial charge < -0.3 is 24.8 Å². The molecule has 1 rings (SSSR count). The second kappa shape index (κ2) is 3.51. The fourth-order valence-corrected chi connectivity index (χ4v) is 1.63. The first kappa shape index (κ1) is 10.9. The molecule has 5 heteroatoms. The van der Waals surface area contributed by atoms with Gasteiger partial charge in [0.25, 0.3) is 0 Å². The van der Waals surface area contributed by atoms with Gasteiger partial charge in [-0.1, -0.05) is 0 Å². The van der Waals surface area contributed by atoms with Crippen LogP contribution in [0.15, 0.2) is 0 Å². The molecule has 0 saturated carbocycles. The van der Waals surface area contributed by atoms with Crippen molar-refractivity contribution >= 4 is 0 Å². The molecule has 5 nitrogen and oxygen atoms in total. The van der Waals surface area contributed by atoms with Crippen LogP contribution in [0.1, 0.15) is 13.8 Å². The lowest BCUT2D eigenvalue weighted by molar-refractivity contribution is -0.314. The molecule has 0 aliphatic carbocycles. The van der Waals surface area contributed by atoms with E-state index in [-0.39, 0.29) is 0 Å². The Labute approximate surface area is 76.9 Å². The van der Waals surface area contributed by atoms with Gasteiger partial charge in [-0.25, -0.2) is 0 Å². The topological polar surface area (TPSA) is 79.2 Å². The van der Waals surface area contributed by atoms with Crippen LogP contribution in [0.5, 0.6) is 0 Å². The maximum Gasteiger partial charge on any atom is 0.184 e. The predicted octanol–water partition coefficient (Wildman–Crippen LogP) is -1.15. The Morgan fingerprint density at radius 1 is 1.15 bits per heavy atom.